The van der Waals surface area contributed by atoms with Crippen LogP contribution in [0.15, 0.2) is 84.1 Å². The summed E-state index contributed by atoms with van der Waals surface area (Å²) in [6.07, 6.45) is 0. The van der Waals surface area contributed by atoms with Crippen molar-refractivity contribution < 1.29 is 14.5 Å². The van der Waals surface area contributed by atoms with E-state index in [1.165, 1.54) is 19.2 Å². The van der Waals surface area contributed by atoms with Crippen molar-refractivity contribution in [2.45, 2.75) is 13.0 Å². The molecule has 0 spiro atoms. The Balaban J connectivity index is 1.58. The van der Waals surface area contributed by atoms with E-state index < -0.39 is 11.0 Å². The number of benzene rings is 3. The number of carbonyl (C=O) groups excluding carboxylic acids is 1. The van der Waals surface area contributed by atoms with E-state index in [9.17, 15) is 20.2 Å². The van der Waals surface area contributed by atoms with Gasteiger partial charge in [-0.25, -0.2) is 4.68 Å². The lowest BCUT2D eigenvalue weighted by Crippen LogP contribution is -2.31. The molecule has 1 aliphatic heterocycles. The lowest BCUT2D eigenvalue weighted by Gasteiger charge is -2.28. The molecule has 0 saturated carbocycles. The molecule has 1 unspecified atom stereocenters. The van der Waals surface area contributed by atoms with Gasteiger partial charge in [-0.05, 0) is 48.9 Å². The van der Waals surface area contributed by atoms with Gasteiger partial charge in [0.05, 0.1) is 34.9 Å². The number of ether oxygens (including phenoxy) is 1. The smallest absolute Gasteiger partial charge is 0.269 e. The molecule has 5 rings (SSSR count). The summed E-state index contributed by atoms with van der Waals surface area (Å²) in [5.74, 6) is 0.880. The molecular weight excluding hydrogens is 486 g/mol. The third kappa shape index (κ3) is 4.42. The predicted molar refractivity (Wildman–Crippen MR) is 139 cm³/mol. The highest BCUT2D eigenvalue weighted by molar-refractivity contribution is 6.06. The molecule has 0 bridgehead atoms. The van der Waals surface area contributed by atoms with Crippen LogP contribution in [-0.2, 0) is 4.79 Å². The van der Waals surface area contributed by atoms with Crippen molar-refractivity contribution in [1.82, 2.24) is 14.8 Å². The Kier molecular flexibility index (Phi) is 6.28. The number of para-hydroxylation sites is 2. The van der Waals surface area contributed by atoms with Gasteiger partial charge in [0.15, 0.2) is 5.82 Å². The van der Waals surface area contributed by atoms with E-state index >= 15 is 0 Å². The van der Waals surface area contributed by atoms with Gasteiger partial charge in [-0.15, -0.1) is 5.10 Å². The molecular formula is C27H21N7O4. The van der Waals surface area contributed by atoms with Crippen LogP contribution < -0.4 is 15.4 Å². The number of hydrogen-bond acceptors (Lipinski definition) is 8. The highest BCUT2D eigenvalue weighted by Gasteiger charge is 2.34. The quantitative estimate of drug-likeness (QED) is 0.283. The standard InChI is InChI=1S/C27H21N7O4/c1-16-23(26(35)30-21-5-3-4-6-22(21)38-2)24(18-9-7-17(15-28)8-10-18)33-27(29-16)31-25(32-33)19-11-13-20(14-12-19)34(36)37/h3-14,24H,1-2H3,(H,30,35)(H,29,31,32). The number of carbonyl (C=O) groups is 1. The topological polar surface area (TPSA) is 148 Å². The number of methoxy groups -OCH3 is 1. The van der Waals surface area contributed by atoms with Crippen LogP contribution >= 0.6 is 0 Å². The number of amides is 1. The number of nitrogens with one attached hydrogen (secondary N) is 2. The Hall–Kier alpha value is -5.50. The van der Waals surface area contributed by atoms with Crippen LogP contribution in [0.1, 0.15) is 24.1 Å². The van der Waals surface area contributed by atoms with Crippen LogP contribution in [0.5, 0.6) is 5.75 Å². The van der Waals surface area contributed by atoms with Crippen LogP contribution in [0.2, 0.25) is 0 Å². The number of hydrogen-bond donors (Lipinski definition) is 2. The Morgan fingerprint density at radius 1 is 1.13 bits per heavy atom. The zero-order valence-corrected chi connectivity index (χ0v) is 20.4. The summed E-state index contributed by atoms with van der Waals surface area (Å²) in [5.41, 5.74) is 3.21. The van der Waals surface area contributed by atoms with Crippen LogP contribution in [-0.4, -0.2) is 32.7 Å². The molecule has 4 aromatic rings. The van der Waals surface area contributed by atoms with E-state index in [2.05, 4.69) is 26.8 Å². The molecule has 11 nitrogen and oxygen atoms in total. The minimum atomic E-state index is -0.673. The monoisotopic (exact) mass is 507 g/mol. The number of anilines is 2. The molecule has 11 heteroatoms. The first-order valence-corrected chi connectivity index (χ1v) is 11.5. The SMILES string of the molecule is COc1ccccc1NC(=O)C1=C(C)Nc2nc(-c3ccc([N+](=O)[O-])cc3)nn2C1c1ccc(C#N)cc1. The Bertz CT molecular complexity index is 1620. The van der Waals surface area contributed by atoms with Gasteiger partial charge in [-0.1, -0.05) is 24.3 Å². The third-order valence-electron chi connectivity index (χ3n) is 6.14. The average Bonchev–Trinajstić information content (AvgIpc) is 3.36. The second-order valence-electron chi connectivity index (χ2n) is 8.46. The fraction of sp³-hybridized carbons (Fsp3) is 0.111. The number of allylic oxidation sites excluding steroid dienone is 1. The first-order valence-electron chi connectivity index (χ1n) is 11.5. The number of rotatable bonds is 6. The first-order chi connectivity index (χ1) is 18.4. The Morgan fingerprint density at radius 2 is 1.84 bits per heavy atom. The number of non-ortho nitro benzene ring substituents is 1. The third-order valence-corrected chi connectivity index (χ3v) is 6.14. The van der Waals surface area contributed by atoms with Gasteiger partial charge in [-0.2, -0.15) is 10.2 Å². The molecule has 1 atom stereocenters. The van der Waals surface area contributed by atoms with Crippen molar-refractivity contribution in [3.8, 4) is 23.2 Å². The lowest BCUT2D eigenvalue weighted by molar-refractivity contribution is -0.384. The summed E-state index contributed by atoms with van der Waals surface area (Å²) in [5, 5.41) is 31.1. The molecule has 1 amide bonds. The zero-order valence-electron chi connectivity index (χ0n) is 20.4. The van der Waals surface area contributed by atoms with Crippen molar-refractivity contribution in [2.24, 2.45) is 0 Å². The summed E-state index contributed by atoms with van der Waals surface area (Å²) in [6, 6.07) is 21.3. The minimum Gasteiger partial charge on any atom is -0.495 e. The molecule has 1 aliphatic rings. The van der Waals surface area contributed by atoms with Crippen LogP contribution in [0.25, 0.3) is 11.4 Å². The van der Waals surface area contributed by atoms with Crippen molar-refractivity contribution in [2.75, 3.05) is 17.7 Å². The molecule has 0 aliphatic carbocycles. The van der Waals surface area contributed by atoms with E-state index in [0.717, 1.165) is 5.56 Å². The summed E-state index contributed by atoms with van der Waals surface area (Å²) < 4.78 is 6.98. The van der Waals surface area contributed by atoms with Gasteiger partial charge in [0.1, 0.15) is 11.8 Å². The molecule has 1 aromatic heterocycles. The van der Waals surface area contributed by atoms with Gasteiger partial charge in [-0.3, -0.25) is 14.9 Å². The van der Waals surface area contributed by atoms with Crippen molar-refractivity contribution >= 4 is 23.2 Å². The summed E-state index contributed by atoms with van der Waals surface area (Å²) in [6.45, 7) is 1.78. The van der Waals surface area contributed by atoms with Gasteiger partial charge in [0.25, 0.3) is 11.6 Å². The Labute approximate surface area is 217 Å². The molecule has 2 heterocycles. The largest absolute Gasteiger partial charge is 0.495 e. The molecule has 188 valence electrons. The molecule has 0 saturated heterocycles. The van der Waals surface area contributed by atoms with Crippen LogP contribution in [0.3, 0.4) is 0 Å². The van der Waals surface area contributed by atoms with Crippen LogP contribution in [0, 0.1) is 21.4 Å². The minimum absolute atomic E-state index is 0.0425. The van der Waals surface area contributed by atoms with E-state index in [1.54, 1.807) is 66.2 Å². The maximum atomic E-state index is 13.7. The lowest BCUT2D eigenvalue weighted by atomic mass is 9.94. The first kappa shape index (κ1) is 24.2. The van der Waals surface area contributed by atoms with E-state index in [1.807, 2.05) is 6.07 Å². The number of nitrogens with zero attached hydrogens (tertiary/aromatic N) is 5. The zero-order chi connectivity index (χ0) is 26.8. The van der Waals surface area contributed by atoms with Gasteiger partial charge in [0.2, 0.25) is 5.95 Å². The average molecular weight is 508 g/mol. The maximum Gasteiger partial charge on any atom is 0.269 e. The van der Waals surface area contributed by atoms with Crippen molar-refractivity contribution in [3.05, 3.63) is 105 Å². The fourth-order valence-electron chi connectivity index (χ4n) is 4.29. The number of nitriles is 1. The van der Waals surface area contributed by atoms with Crippen LogP contribution in [0.4, 0.5) is 17.3 Å². The van der Waals surface area contributed by atoms with Crippen molar-refractivity contribution in [3.63, 3.8) is 0 Å². The predicted octanol–water partition coefficient (Wildman–Crippen LogP) is 4.66. The maximum absolute atomic E-state index is 13.7. The summed E-state index contributed by atoms with van der Waals surface area (Å²) in [4.78, 5) is 28.9. The van der Waals surface area contributed by atoms with Gasteiger partial charge < -0.3 is 15.4 Å². The summed E-state index contributed by atoms with van der Waals surface area (Å²) >= 11 is 0. The van der Waals surface area contributed by atoms with E-state index in [-0.39, 0.29) is 11.6 Å². The molecule has 3 aromatic carbocycles. The van der Waals surface area contributed by atoms with Gasteiger partial charge in [0, 0.05) is 23.4 Å². The van der Waals surface area contributed by atoms with E-state index in [0.29, 0.717) is 45.6 Å². The number of nitro benzene ring substituents is 1. The normalized spacial score (nSPS) is 14.2. The second kappa shape index (κ2) is 9.87. The molecule has 0 radical (unpaired) electrons. The number of aromatic nitrogens is 3. The highest BCUT2D eigenvalue weighted by atomic mass is 16.6. The number of nitro groups is 1. The fourth-order valence-corrected chi connectivity index (χ4v) is 4.29. The van der Waals surface area contributed by atoms with Crippen molar-refractivity contribution in [1.29, 1.82) is 5.26 Å². The Morgan fingerprint density at radius 3 is 2.50 bits per heavy atom. The summed E-state index contributed by atoms with van der Waals surface area (Å²) in [7, 11) is 1.53. The second-order valence-corrected chi connectivity index (χ2v) is 8.46. The molecule has 0 fully saturated rings. The number of fused-ring (bicyclic) bond motifs is 1. The molecule has 38 heavy (non-hydrogen) atoms. The highest BCUT2D eigenvalue weighted by Crippen LogP contribution is 2.37. The van der Waals surface area contributed by atoms with E-state index in [4.69, 9.17) is 4.74 Å². The molecule has 2 N–H and O–H groups in total. The van der Waals surface area contributed by atoms with Gasteiger partial charge >= 0.3 is 0 Å².